The van der Waals surface area contributed by atoms with Crippen molar-refractivity contribution in [2.24, 2.45) is 0 Å². The van der Waals surface area contributed by atoms with E-state index in [2.05, 4.69) is 4.98 Å². The van der Waals surface area contributed by atoms with Crippen LogP contribution in [0, 0.1) is 0 Å². The second kappa shape index (κ2) is 6.57. The summed E-state index contributed by atoms with van der Waals surface area (Å²) in [6.45, 7) is -1.30. The lowest BCUT2D eigenvalue weighted by molar-refractivity contribution is 0.0233. The summed E-state index contributed by atoms with van der Waals surface area (Å²) in [5.41, 5.74) is 0.863. The largest absolute Gasteiger partial charge is 0.451 e. The van der Waals surface area contributed by atoms with Gasteiger partial charge < -0.3 is 4.74 Å². The molecule has 0 saturated heterocycles. The van der Waals surface area contributed by atoms with Gasteiger partial charge in [0.2, 0.25) is 0 Å². The number of alkyl halides is 2. The molecule has 7 heteroatoms. The van der Waals surface area contributed by atoms with Gasteiger partial charge in [0.15, 0.2) is 11.9 Å². The standard InChI is InChI=1S/C17H13ClF2N2O2/c1-10(24-16(23)11-6-2-3-7-12(11)18)15-21-13-8-4-5-9-14(13)22(15)17(19)20/h2-10,17H,1H3. The first-order chi connectivity index (χ1) is 11.5. The third kappa shape index (κ3) is 2.97. The van der Waals surface area contributed by atoms with Crippen LogP contribution in [-0.4, -0.2) is 15.5 Å². The topological polar surface area (TPSA) is 44.1 Å². The molecule has 1 atom stereocenters. The van der Waals surface area contributed by atoms with Crippen LogP contribution in [0.3, 0.4) is 0 Å². The van der Waals surface area contributed by atoms with Crippen molar-refractivity contribution in [2.75, 3.05) is 0 Å². The Hall–Kier alpha value is -2.47. The Bertz CT molecular complexity index is 895. The van der Waals surface area contributed by atoms with Crippen LogP contribution in [0.2, 0.25) is 5.02 Å². The average Bonchev–Trinajstić information content (AvgIpc) is 2.95. The number of nitrogens with zero attached hydrogens (tertiary/aromatic N) is 2. The fourth-order valence-electron chi connectivity index (χ4n) is 2.46. The Kier molecular flexibility index (Phi) is 4.49. The van der Waals surface area contributed by atoms with Crippen molar-refractivity contribution in [2.45, 2.75) is 19.6 Å². The highest BCUT2D eigenvalue weighted by molar-refractivity contribution is 6.33. The molecule has 1 unspecified atom stereocenters. The number of carbonyl (C=O) groups is 1. The first-order valence-electron chi connectivity index (χ1n) is 7.19. The van der Waals surface area contributed by atoms with Crippen molar-refractivity contribution >= 4 is 28.6 Å². The molecule has 0 amide bonds. The molecule has 2 aromatic carbocycles. The number of para-hydroxylation sites is 2. The van der Waals surface area contributed by atoms with E-state index in [-0.39, 0.29) is 21.9 Å². The van der Waals surface area contributed by atoms with Crippen molar-refractivity contribution in [3.05, 3.63) is 64.9 Å². The van der Waals surface area contributed by atoms with Gasteiger partial charge in [-0.3, -0.25) is 4.57 Å². The predicted octanol–water partition coefficient (Wildman–Crippen LogP) is 5.00. The molecule has 124 valence electrons. The van der Waals surface area contributed by atoms with Crippen molar-refractivity contribution in [1.82, 2.24) is 9.55 Å². The summed E-state index contributed by atoms with van der Waals surface area (Å²) < 4.78 is 32.9. The molecule has 0 bridgehead atoms. The number of imidazole rings is 1. The molecule has 3 rings (SSSR count). The molecule has 1 heterocycles. The quantitative estimate of drug-likeness (QED) is 0.622. The highest BCUT2D eigenvalue weighted by Gasteiger charge is 2.25. The smallest absolute Gasteiger partial charge is 0.340 e. The summed E-state index contributed by atoms with van der Waals surface area (Å²) in [4.78, 5) is 16.4. The Morgan fingerprint density at radius 2 is 1.83 bits per heavy atom. The van der Waals surface area contributed by atoms with Gasteiger partial charge in [0, 0.05) is 0 Å². The van der Waals surface area contributed by atoms with Crippen molar-refractivity contribution in [3.8, 4) is 0 Å². The van der Waals surface area contributed by atoms with E-state index < -0.39 is 18.6 Å². The van der Waals surface area contributed by atoms with E-state index in [1.54, 1.807) is 42.5 Å². The second-order valence-electron chi connectivity index (χ2n) is 5.13. The van der Waals surface area contributed by atoms with Crippen LogP contribution in [0.15, 0.2) is 48.5 Å². The number of ether oxygens (including phenoxy) is 1. The molecule has 0 spiro atoms. The highest BCUT2D eigenvalue weighted by atomic mass is 35.5. The summed E-state index contributed by atoms with van der Waals surface area (Å²) in [5, 5.41) is 0.233. The molecular formula is C17H13ClF2N2O2. The molecule has 0 aliphatic heterocycles. The first-order valence-corrected chi connectivity index (χ1v) is 7.57. The molecule has 0 fully saturated rings. The summed E-state index contributed by atoms with van der Waals surface area (Å²) in [6.07, 6.45) is -0.963. The van der Waals surface area contributed by atoms with Crippen LogP contribution in [-0.2, 0) is 4.74 Å². The monoisotopic (exact) mass is 350 g/mol. The number of rotatable bonds is 4. The lowest BCUT2D eigenvalue weighted by Crippen LogP contribution is -2.15. The van der Waals surface area contributed by atoms with Crippen LogP contribution < -0.4 is 0 Å². The third-order valence-electron chi connectivity index (χ3n) is 3.56. The maximum absolute atomic E-state index is 13.4. The molecule has 0 radical (unpaired) electrons. The number of hydrogen-bond donors (Lipinski definition) is 0. The Balaban J connectivity index is 1.94. The number of carbonyl (C=O) groups excluding carboxylic acids is 1. The molecule has 3 aromatic rings. The van der Waals surface area contributed by atoms with Crippen LogP contribution in [0.25, 0.3) is 11.0 Å². The molecule has 0 aliphatic rings. The minimum Gasteiger partial charge on any atom is -0.451 e. The number of fused-ring (bicyclic) bond motifs is 1. The fourth-order valence-corrected chi connectivity index (χ4v) is 2.67. The number of halogens is 3. The van der Waals surface area contributed by atoms with Crippen LogP contribution in [0.1, 0.15) is 35.8 Å². The van der Waals surface area contributed by atoms with E-state index in [0.29, 0.717) is 5.52 Å². The van der Waals surface area contributed by atoms with Gasteiger partial charge in [0.1, 0.15) is 0 Å². The van der Waals surface area contributed by atoms with E-state index in [0.717, 1.165) is 4.57 Å². The summed E-state index contributed by atoms with van der Waals surface area (Å²) in [7, 11) is 0. The van der Waals surface area contributed by atoms with Gasteiger partial charge in [-0.15, -0.1) is 0 Å². The van der Waals surface area contributed by atoms with E-state index in [1.807, 2.05) is 0 Å². The lowest BCUT2D eigenvalue weighted by Gasteiger charge is -2.15. The number of hydrogen-bond acceptors (Lipinski definition) is 3. The van der Waals surface area contributed by atoms with Crippen molar-refractivity contribution in [3.63, 3.8) is 0 Å². The van der Waals surface area contributed by atoms with Crippen LogP contribution in [0.5, 0.6) is 0 Å². The van der Waals surface area contributed by atoms with Gasteiger partial charge >= 0.3 is 12.5 Å². The van der Waals surface area contributed by atoms with Gasteiger partial charge in [-0.05, 0) is 31.2 Å². The Morgan fingerprint density at radius 1 is 1.17 bits per heavy atom. The number of benzene rings is 2. The van der Waals surface area contributed by atoms with Crippen molar-refractivity contribution < 1.29 is 18.3 Å². The van der Waals surface area contributed by atoms with E-state index in [1.165, 1.54) is 13.0 Å². The Morgan fingerprint density at radius 3 is 2.54 bits per heavy atom. The van der Waals surface area contributed by atoms with Gasteiger partial charge in [-0.1, -0.05) is 35.9 Å². The number of aromatic nitrogens is 2. The molecule has 4 nitrogen and oxygen atoms in total. The zero-order valence-corrected chi connectivity index (χ0v) is 13.4. The molecule has 0 N–H and O–H groups in total. The average molecular weight is 351 g/mol. The fraction of sp³-hybridized carbons (Fsp3) is 0.176. The van der Waals surface area contributed by atoms with Crippen LogP contribution >= 0.6 is 11.6 Å². The van der Waals surface area contributed by atoms with Gasteiger partial charge in [0.25, 0.3) is 0 Å². The molecule has 0 saturated carbocycles. The third-order valence-corrected chi connectivity index (χ3v) is 3.89. The summed E-state index contributed by atoms with van der Waals surface area (Å²) >= 11 is 5.95. The maximum Gasteiger partial charge on any atom is 0.340 e. The van der Waals surface area contributed by atoms with E-state index >= 15 is 0 Å². The van der Waals surface area contributed by atoms with Gasteiger partial charge in [0.05, 0.1) is 21.6 Å². The molecule has 1 aromatic heterocycles. The normalized spacial score (nSPS) is 12.5. The van der Waals surface area contributed by atoms with E-state index in [9.17, 15) is 13.6 Å². The van der Waals surface area contributed by atoms with E-state index in [4.69, 9.17) is 16.3 Å². The zero-order chi connectivity index (χ0) is 17.3. The second-order valence-corrected chi connectivity index (χ2v) is 5.54. The maximum atomic E-state index is 13.4. The SMILES string of the molecule is CC(OC(=O)c1ccccc1Cl)c1nc2ccccc2n1C(F)F. The van der Waals surface area contributed by atoms with Gasteiger partial charge in [-0.25, -0.2) is 9.78 Å². The molecular weight excluding hydrogens is 338 g/mol. The van der Waals surface area contributed by atoms with Crippen molar-refractivity contribution in [1.29, 1.82) is 0 Å². The number of esters is 1. The first kappa shape index (κ1) is 16.4. The Labute approximate surface area is 141 Å². The summed E-state index contributed by atoms with van der Waals surface area (Å²) in [6, 6.07) is 12.9. The minimum atomic E-state index is -2.80. The lowest BCUT2D eigenvalue weighted by atomic mass is 10.2. The molecule has 24 heavy (non-hydrogen) atoms. The summed E-state index contributed by atoms with van der Waals surface area (Å²) in [5.74, 6) is -0.715. The zero-order valence-electron chi connectivity index (χ0n) is 12.6. The van der Waals surface area contributed by atoms with Crippen LogP contribution in [0.4, 0.5) is 8.78 Å². The minimum absolute atomic E-state index is 0.0217. The highest BCUT2D eigenvalue weighted by Crippen LogP contribution is 2.29. The predicted molar refractivity (Wildman–Crippen MR) is 86.3 cm³/mol. The molecule has 0 aliphatic carbocycles. The van der Waals surface area contributed by atoms with Gasteiger partial charge in [-0.2, -0.15) is 8.78 Å².